The molecule has 0 amide bonds. The Balaban J connectivity index is 1.78. The van der Waals surface area contributed by atoms with Crippen molar-refractivity contribution >= 4 is 27.5 Å². The quantitative estimate of drug-likeness (QED) is 0.550. The summed E-state index contributed by atoms with van der Waals surface area (Å²) in [5, 5.41) is 2.32. The van der Waals surface area contributed by atoms with E-state index in [2.05, 4.69) is 4.98 Å². The lowest BCUT2D eigenvalue weighted by Gasteiger charge is -2.06. The Labute approximate surface area is 124 Å². The molecule has 0 saturated carbocycles. The number of thiophene rings is 1. The number of carbonyl (C=O) groups excluding carboxylic acids is 1. The third-order valence-corrected chi connectivity index (χ3v) is 3.82. The van der Waals surface area contributed by atoms with Gasteiger partial charge in [-0.25, -0.2) is 9.78 Å². The highest BCUT2D eigenvalue weighted by molar-refractivity contribution is 7.16. The summed E-state index contributed by atoms with van der Waals surface area (Å²) in [6, 6.07) is 8.85. The van der Waals surface area contributed by atoms with Gasteiger partial charge in [-0.2, -0.15) is 0 Å². The summed E-state index contributed by atoms with van der Waals surface area (Å²) in [7, 11) is 0. The highest BCUT2D eigenvalue weighted by Gasteiger charge is 2.10. The van der Waals surface area contributed by atoms with Crippen LogP contribution in [0.15, 0.2) is 46.8 Å². The van der Waals surface area contributed by atoms with Crippen molar-refractivity contribution in [1.29, 1.82) is 0 Å². The van der Waals surface area contributed by atoms with Crippen LogP contribution in [0.3, 0.4) is 0 Å². The lowest BCUT2D eigenvalue weighted by molar-refractivity contribution is -0.135. The summed E-state index contributed by atoms with van der Waals surface area (Å²) in [5.74, 6) is -0.0412. The molecule has 0 saturated heterocycles. The van der Waals surface area contributed by atoms with Crippen molar-refractivity contribution in [3.63, 3.8) is 0 Å². The number of nitrogens with zero attached hydrogens (tertiary/aromatic N) is 2. The minimum atomic E-state index is -0.502. The fourth-order valence-corrected chi connectivity index (χ4v) is 2.64. The molecule has 6 heteroatoms. The maximum Gasteiger partial charge on any atom is 0.331 e. The van der Waals surface area contributed by atoms with E-state index in [-0.39, 0.29) is 12.1 Å². The number of aromatic nitrogens is 2. The first-order valence-electron chi connectivity index (χ1n) is 6.33. The van der Waals surface area contributed by atoms with Crippen LogP contribution in [0, 0.1) is 6.92 Å². The summed E-state index contributed by atoms with van der Waals surface area (Å²) in [5.41, 5.74) is 0.847. The molecule has 2 heterocycles. The predicted octanol–water partition coefficient (Wildman–Crippen LogP) is 2.37. The van der Waals surface area contributed by atoms with Crippen molar-refractivity contribution in [2.45, 2.75) is 13.5 Å². The van der Waals surface area contributed by atoms with Crippen LogP contribution in [-0.2, 0) is 11.3 Å². The molecule has 21 heavy (non-hydrogen) atoms. The Hall–Kier alpha value is -2.47. The molecule has 3 rings (SSSR count). The zero-order chi connectivity index (χ0) is 14.8. The van der Waals surface area contributed by atoms with Gasteiger partial charge in [-0.15, -0.1) is 11.3 Å². The average molecular weight is 300 g/mol. The van der Waals surface area contributed by atoms with Gasteiger partial charge in [0.1, 0.15) is 17.1 Å². The standard InChI is InChI=1S/C15H12N2O3S/c1-10-2-4-11(5-3-10)20-13(18)8-17-9-16-14-12(15(17)19)6-7-21-14/h2-7,9H,8H2,1H3. The van der Waals surface area contributed by atoms with Crippen LogP contribution in [0.2, 0.25) is 0 Å². The maximum absolute atomic E-state index is 12.1. The topological polar surface area (TPSA) is 61.2 Å². The Bertz CT molecular complexity index is 849. The molecule has 0 fully saturated rings. The van der Waals surface area contributed by atoms with Crippen molar-refractivity contribution in [3.05, 3.63) is 58.0 Å². The zero-order valence-electron chi connectivity index (χ0n) is 11.3. The van der Waals surface area contributed by atoms with E-state index in [4.69, 9.17) is 4.74 Å². The number of rotatable bonds is 3. The first kappa shape index (κ1) is 13.5. The van der Waals surface area contributed by atoms with Crippen molar-refractivity contribution in [2.75, 3.05) is 0 Å². The Morgan fingerprint density at radius 1 is 1.29 bits per heavy atom. The number of aryl methyl sites for hydroxylation is 1. The normalized spacial score (nSPS) is 10.7. The van der Waals surface area contributed by atoms with Gasteiger partial charge in [-0.3, -0.25) is 9.36 Å². The zero-order valence-corrected chi connectivity index (χ0v) is 12.1. The summed E-state index contributed by atoms with van der Waals surface area (Å²) in [6.07, 6.45) is 1.37. The number of hydrogen-bond acceptors (Lipinski definition) is 5. The largest absolute Gasteiger partial charge is 0.425 e. The van der Waals surface area contributed by atoms with E-state index in [9.17, 15) is 9.59 Å². The van der Waals surface area contributed by atoms with Gasteiger partial charge in [0.2, 0.25) is 0 Å². The van der Waals surface area contributed by atoms with Gasteiger partial charge in [0.05, 0.1) is 11.7 Å². The monoisotopic (exact) mass is 300 g/mol. The summed E-state index contributed by atoms with van der Waals surface area (Å²) >= 11 is 1.39. The van der Waals surface area contributed by atoms with Gasteiger partial charge in [0, 0.05) is 0 Å². The number of ether oxygens (including phenoxy) is 1. The molecular formula is C15H12N2O3S. The fraction of sp³-hybridized carbons (Fsp3) is 0.133. The fourth-order valence-electron chi connectivity index (χ4n) is 1.92. The van der Waals surface area contributed by atoms with Crippen LogP contribution in [0.5, 0.6) is 5.75 Å². The molecule has 3 aromatic rings. The van der Waals surface area contributed by atoms with Crippen molar-refractivity contribution in [3.8, 4) is 5.75 Å². The van der Waals surface area contributed by atoms with Crippen LogP contribution in [0.4, 0.5) is 0 Å². The number of benzene rings is 1. The van der Waals surface area contributed by atoms with Crippen LogP contribution in [0.25, 0.3) is 10.2 Å². The Morgan fingerprint density at radius 3 is 2.81 bits per heavy atom. The van der Waals surface area contributed by atoms with Gasteiger partial charge < -0.3 is 4.74 Å². The van der Waals surface area contributed by atoms with E-state index < -0.39 is 5.97 Å². The second-order valence-corrected chi connectivity index (χ2v) is 5.50. The number of hydrogen-bond donors (Lipinski definition) is 0. The second kappa shape index (κ2) is 5.49. The molecule has 0 aliphatic heterocycles. The van der Waals surface area contributed by atoms with Crippen molar-refractivity contribution < 1.29 is 9.53 Å². The molecular weight excluding hydrogens is 288 g/mol. The van der Waals surface area contributed by atoms with E-state index in [1.165, 1.54) is 22.2 Å². The molecule has 0 spiro atoms. The van der Waals surface area contributed by atoms with Crippen LogP contribution in [0.1, 0.15) is 5.56 Å². The Kier molecular flexibility index (Phi) is 3.53. The third kappa shape index (κ3) is 2.85. The number of esters is 1. The van der Waals surface area contributed by atoms with E-state index in [1.807, 2.05) is 19.1 Å². The van der Waals surface area contributed by atoms with Crippen LogP contribution in [-0.4, -0.2) is 15.5 Å². The first-order chi connectivity index (χ1) is 10.1. The lowest BCUT2D eigenvalue weighted by atomic mass is 10.2. The van der Waals surface area contributed by atoms with Crippen LogP contribution >= 0.6 is 11.3 Å². The SMILES string of the molecule is Cc1ccc(OC(=O)Cn2cnc3sccc3c2=O)cc1. The van der Waals surface area contributed by atoms with E-state index >= 15 is 0 Å². The molecule has 0 N–H and O–H groups in total. The average Bonchev–Trinajstić information content (AvgIpc) is 2.94. The highest BCUT2D eigenvalue weighted by atomic mass is 32.1. The molecule has 2 aromatic heterocycles. The van der Waals surface area contributed by atoms with Gasteiger partial charge in [0.15, 0.2) is 0 Å². The first-order valence-corrected chi connectivity index (χ1v) is 7.21. The Morgan fingerprint density at radius 2 is 2.05 bits per heavy atom. The van der Waals surface area contributed by atoms with Gasteiger partial charge >= 0.3 is 5.97 Å². The maximum atomic E-state index is 12.1. The summed E-state index contributed by atoms with van der Waals surface area (Å²) in [6.45, 7) is 1.79. The van der Waals surface area contributed by atoms with Gasteiger partial charge in [-0.1, -0.05) is 17.7 Å². The molecule has 0 bridgehead atoms. The molecule has 106 valence electrons. The molecule has 0 radical (unpaired) electrons. The van der Waals surface area contributed by atoms with Crippen LogP contribution < -0.4 is 10.3 Å². The van der Waals surface area contributed by atoms with E-state index in [0.717, 1.165) is 5.56 Å². The van der Waals surface area contributed by atoms with Gasteiger partial charge in [0.25, 0.3) is 5.56 Å². The predicted molar refractivity (Wildman–Crippen MR) is 80.7 cm³/mol. The smallest absolute Gasteiger partial charge is 0.331 e. The lowest BCUT2D eigenvalue weighted by Crippen LogP contribution is -2.26. The molecule has 0 atom stereocenters. The van der Waals surface area contributed by atoms with E-state index in [1.54, 1.807) is 23.6 Å². The molecule has 1 aromatic carbocycles. The van der Waals surface area contributed by atoms with Crippen molar-refractivity contribution in [1.82, 2.24) is 9.55 Å². The van der Waals surface area contributed by atoms with Crippen molar-refractivity contribution in [2.24, 2.45) is 0 Å². The summed E-state index contributed by atoms with van der Waals surface area (Å²) in [4.78, 5) is 28.8. The highest BCUT2D eigenvalue weighted by Crippen LogP contribution is 2.14. The van der Waals surface area contributed by atoms with Gasteiger partial charge in [-0.05, 0) is 30.5 Å². The molecule has 0 aliphatic rings. The minimum Gasteiger partial charge on any atom is -0.425 e. The van der Waals surface area contributed by atoms with E-state index in [0.29, 0.717) is 16.0 Å². The molecule has 0 unspecified atom stereocenters. The molecule has 5 nitrogen and oxygen atoms in total. The number of carbonyl (C=O) groups is 1. The summed E-state index contributed by atoms with van der Waals surface area (Å²) < 4.78 is 6.45. The second-order valence-electron chi connectivity index (χ2n) is 4.60. The third-order valence-electron chi connectivity index (χ3n) is 3.00. The molecule has 0 aliphatic carbocycles. The number of fused-ring (bicyclic) bond motifs is 1. The minimum absolute atomic E-state index is 0.161.